The number of primary amides is 1. The molecule has 0 saturated carbocycles. The minimum atomic E-state index is -0.421. The van der Waals surface area contributed by atoms with E-state index in [9.17, 15) is 4.79 Å². The molecule has 4 heteroatoms. The van der Waals surface area contributed by atoms with Gasteiger partial charge in [-0.1, -0.05) is 42.5 Å². The molecule has 0 fully saturated rings. The van der Waals surface area contributed by atoms with Crippen LogP contribution in [0.1, 0.15) is 5.56 Å². The molecule has 0 unspecified atom stereocenters. The lowest BCUT2D eigenvalue weighted by Crippen LogP contribution is -2.41. The number of nitrogens with two attached hydrogens (primary N) is 1. The molecule has 3 N–H and O–H groups in total. The summed E-state index contributed by atoms with van der Waals surface area (Å²) in [5, 5.41) is 2.75. The molecule has 0 aliphatic carbocycles. The zero-order chi connectivity index (χ0) is 10.4. The zero-order valence-electron chi connectivity index (χ0n) is 7.64. The Kier molecular flexibility index (Phi) is 4.07. The molecule has 0 spiro atoms. The van der Waals surface area contributed by atoms with Crippen molar-refractivity contribution in [3.63, 3.8) is 0 Å². The molecule has 1 rings (SSSR count). The van der Waals surface area contributed by atoms with Crippen LogP contribution in [0.4, 0.5) is 0 Å². The molecule has 1 aromatic rings. The van der Waals surface area contributed by atoms with E-state index in [-0.39, 0.29) is 0 Å². The lowest BCUT2D eigenvalue weighted by atomic mass is 10.1. The van der Waals surface area contributed by atoms with E-state index in [1.165, 1.54) is 5.49 Å². The van der Waals surface area contributed by atoms with Gasteiger partial charge >= 0.3 is 0 Å². The van der Waals surface area contributed by atoms with Crippen molar-refractivity contribution >= 4 is 23.6 Å². The molecule has 0 aromatic heterocycles. The topological polar surface area (TPSA) is 55.1 Å². The molecule has 0 radical (unpaired) electrons. The number of rotatable bonds is 5. The third kappa shape index (κ3) is 3.14. The fourth-order valence-electron chi connectivity index (χ4n) is 1.17. The minimum absolute atomic E-state index is 0.394. The molecular formula is C10H12N2OS. The number of carbonyl (C=O) groups excluding carboxylic acids is 1. The second-order valence-electron chi connectivity index (χ2n) is 2.93. The number of hydrogen-bond donors (Lipinski definition) is 2. The van der Waals surface area contributed by atoms with Crippen LogP contribution in [0.25, 0.3) is 0 Å². The normalized spacial score (nSPS) is 11.7. The lowest BCUT2D eigenvalue weighted by molar-refractivity contribution is -0.119. The van der Waals surface area contributed by atoms with E-state index in [1.807, 2.05) is 30.3 Å². The Morgan fingerprint density at radius 3 is 2.64 bits per heavy atom. The molecule has 0 aliphatic heterocycles. The largest absolute Gasteiger partial charge is 0.371 e. The highest BCUT2D eigenvalue weighted by molar-refractivity contribution is 7.78. The number of hydrogen-bond acceptors (Lipinski definition) is 2. The Morgan fingerprint density at radius 2 is 2.14 bits per heavy atom. The zero-order valence-corrected chi connectivity index (χ0v) is 8.46. The van der Waals surface area contributed by atoms with E-state index in [0.29, 0.717) is 6.42 Å². The van der Waals surface area contributed by atoms with Crippen molar-refractivity contribution in [3.05, 3.63) is 35.9 Å². The lowest BCUT2D eigenvalue weighted by Gasteiger charge is -2.12. The Balaban J connectivity index is 2.64. The van der Waals surface area contributed by atoms with Gasteiger partial charge in [0.1, 0.15) is 6.04 Å². The maximum absolute atomic E-state index is 11.0. The summed E-state index contributed by atoms with van der Waals surface area (Å²) in [6.45, 7) is 0. The third-order valence-electron chi connectivity index (χ3n) is 1.90. The number of benzene rings is 1. The first kappa shape index (κ1) is 10.7. The van der Waals surface area contributed by atoms with Gasteiger partial charge in [-0.3, -0.25) is 4.79 Å². The highest BCUT2D eigenvalue weighted by atomic mass is 32.1. The number of nitrogens with one attached hydrogen (secondary N) is 1. The van der Waals surface area contributed by atoms with Gasteiger partial charge in [0, 0.05) is 6.42 Å². The first-order valence-electron chi connectivity index (χ1n) is 4.27. The molecule has 1 atom stereocenters. The van der Waals surface area contributed by atoms with E-state index in [0.717, 1.165) is 5.56 Å². The van der Waals surface area contributed by atoms with Crippen LogP contribution < -0.4 is 11.1 Å². The van der Waals surface area contributed by atoms with E-state index >= 15 is 0 Å². The van der Waals surface area contributed by atoms with Crippen molar-refractivity contribution < 1.29 is 4.79 Å². The van der Waals surface area contributed by atoms with Crippen molar-refractivity contribution in [2.75, 3.05) is 0 Å². The van der Waals surface area contributed by atoms with Gasteiger partial charge in [0.2, 0.25) is 5.91 Å². The smallest absolute Gasteiger partial charge is 0.240 e. The predicted molar refractivity (Wildman–Crippen MR) is 59.9 cm³/mol. The van der Waals surface area contributed by atoms with Gasteiger partial charge in [-0.15, -0.1) is 0 Å². The van der Waals surface area contributed by atoms with Crippen LogP contribution in [-0.4, -0.2) is 17.4 Å². The number of thiocarbonyl (C=S) groups is 1. The van der Waals surface area contributed by atoms with Gasteiger partial charge in [-0.2, -0.15) is 0 Å². The molecule has 0 saturated heterocycles. The molecule has 1 aromatic carbocycles. The molecule has 1 amide bonds. The van der Waals surface area contributed by atoms with Gasteiger partial charge in [0.25, 0.3) is 0 Å². The maximum atomic E-state index is 11.0. The summed E-state index contributed by atoms with van der Waals surface area (Å²) in [5.41, 5.74) is 7.58. The SMILES string of the molecule is NC(=O)[C@H](Cc1ccccc1)NC=S. The Labute approximate surface area is 88.3 Å². The summed E-state index contributed by atoms with van der Waals surface area (Å²) >= 11 is 4.62. The molecular weight excluding hydrogens is 196 g/mol. The van der Waals surface area contributed by atoms with Gasteiger partial charge in [0.15, 0.2) is 0 Å². The standard InChI is InChI=1S/C10H12N2OS/c11-10(13)9(12-7-14)6-8-4-2-1-3-5-8/h1-5,7,9H,6H2,(H2,11,13)(H,12,14)/t9-/m0/s1. The highest BCUT2D eigenvalue weighted by Gasteiger charge is 2.13. The number of amides is 1. The molecule has 0 heterocycles. The maximum Gasteiger partial charge on any atom is 0.240 e. The fourth-order valence-corrected chi connectivity index (χ4v) is 1.34. The third-order valence-corrected chi connectivity index (χ3v) is 2.03. The molecule has 14 heavy (non-hydrogen) atoms. The van der Waals surface area contributed by atoms with Crippen LogP contribution in [0.15, 0.2) is 30.3 Å². The second-order valence-corrected chi connectivity index (χ2v) is 3.16. The van der Waals surface area contributed by atoms with Crippen molar-refractivity contribution in [2.24, 2.45) is 5.73 Å². The Morgan fingerprint density at radius 1 is 1.50 bits per heavy atom. The summed E-state index contributed by atoms with van der Waals surface area (Å²) in [7, 11) is 0. The van der Waals surface area contributed by atoms with Crippen LogP contribution in [-0.2, 0) is 11.2 Å². The van der Waals surface area contributed by atoms with Crippen molar-refractivity contribution in [2.45, 2.75) is 12.5 Å². The average molecular weight is 208 g/mol. The first-order chi connectivity index (χ1) is 6.74. The van der Waals surface area contributed by atoms with Gasteiger partial charge in [0.05, 0.1) is 5.49 Å². The van der Waals surface area contributed by atoms with Crippen LogP contribution >= 0.6 is 12.2 Å². The van der Waals surface area contributed by atoms with Gasteiger partial charge in [-0.05, 0) is 5.56 Å². The predicted octanol–water partition coefficient (Wildman–Crippen LogP) is 0.630. The van der Waals surface area contributed by atoms with Crippen LogP contribution in [0, 0.1) is 0 Å². The van der Waals surface area contributed by atoms with Crippen LogP contribution in [0.3, 0.4) is 0 Å². The first-order valence-corrected chi connectivity index (χ1v) is 4.74. The van der Waals surface area contributed by atoms with Crippen molar-refractivity contribution in [1.29, 1.82) is 0 Å². The van der Waals surface area contributed by atoms with E-state index in [2.05, 4.69) is 17.5 Å². The quantitative estimate of drug-likeness (QED) is 0.698. The summed E-state index contributed by atoms with van der Waals surface area (Å²) in [6.07, 6.45) is 0.559. The molecule has 74 valence electrons. The summed E-state index contributed by atoms with van der Waals surface area (Å²) < 4.78 is 0. The summed E-state index contributed by atoms with van der Waals surface area (Å²) in [5.74, 6) is -0.394. The summed E-state index contributed by atoms with van der Waals surface area (Å²) in [4.78, 5) is 11.0. The second kappa shape index (κ2) is 5.34. The minimum Gasteiger partial charge on any atom is -0.371 e. The fraction of sp³-hybridized carbons (Fsp3) is 0.200. The highest BCUT2D eigenvalue weighted by Crippen LogP contribution is 2.02. The van der Waals surface area contributed by atoms with Crippen LogP contribution in [0.5, 0.6) is 0 Å². The van der Waals surface area contributed by atoms with Gasteiger partial charge < -0.3 is 11.1 Å². The van der Waals surface area contributed by atoms with Crippen LogP contribution in [0.2, 0.25) is 0 Å². The number of carbonyl (C=O) groups is 1. The molecule has 0 bridgehead atoms. The molecule has 3 nitrogen and oxygen atoms in total. The van der Waals surface area contributed by atoms with Crippen molar-refractivity contribution in [1.82, 2.24) is 5.32 Å². The van der Waals surface area contributed by atoms with Crippen molar-refractivity contribution in [3.8, 4) is 0 Å². The Bertz CT molecular complexity index is 313. The molecule has 0 aliphatic rings. The monoisotopic (exact) mass is 208 g/mol. The van der Waals surface area contributed by atoms with E-state index < -0.39 is 11.9 Å². The average Bonchev–Trinajstić information content (AvgIpc) is 2.18. The summed E-state index contributed by atoms with van der Waals surface area (Å²) in [6, 6.07) is 9.24. The van der Waals surface area contributed by atoms with E-state index in [4.69, 9.17) is 5.73 Å². The Hall–Kier alpha value is -1.42. The van der Waals surface area contributed by atoms with E-state index in [1.54, 1.807) is 0 Å². The van der Waals surface area contributed by atoms with Gasteiger partial charge in [-0.25, -0.2) is 0 Å².